The van der Waals surface area contributed by atoms with Gasteiger partial charge in [-0.1, -0.05) is 37.5 Å². The third-order valence-electron chi connectivity index (χ3n) is 6.25. The first-order chi connectivity index (χ1) is 16.0. The van der Waals surface area contributed by atoms with Gasteiger partial charge in [-0.05, 0) is 38.0 Å². The van der Waals surface area contributed by atoms with Crippen molar-refractivity contribution in [3.05, 3.63) is 54.6 Å². The Kier molecular flexibility index (Phi) is 5.65. The lowest BCUT2D eigenvalue weighted by atomic mass is 9.95. The number of hydrogen-bond donors (Lipinski definition) is 0. The molecule has 8 nitrogen and oxygen atoms in total. The quantitative estimate of drug-likeness (QED) is 0.395. The zero-order valence-corrected chi connectivity index (χ0v) is 19.3. The Morgan fingerprint density at radius 3 is 2.61 bits per heavy atom. The fraction of sp³-hybridized carbons (Fsp3) is 0.375. The van der Waals surface area contributed by atoms with E-state index in [4.69, 9.17) is 9.72 Å². The molecule has 1 fully saturated rings. The molecular formula is C24H26N4O4S. The highest BCUT2D eigenvalue weighted by Gasteiger charge is 2.27. The number of fused-ring (bicyclic) bond motifs is 3. The van der Waals surface area contributed by atoms with Gasteiger partial charge >= 0.3 is 5.97 Å². The lowest BCUT2D eigenvalue weighted by Gasteiger charge is -2.25. The van der Waals surface area contributed by atoms with Gasteiger partial charge in [0.25, 0.3) is 10.0 Å². The van der Waals surface area contributed by atoms with Gasteiger partial charge < -0.3 is 9.30 Å². The zero-order valence-electron chi connectivity index (χ0n) is 18.5. The minimum Gasteiger partial charge on any atom is -0.466 e. The molecule has 0 N–H and O–H groups in total. The van der Waals surface area contributed by atoms with E-state index in [1.54, 1.807) is 55.7 Å². The molecule has 3 aromatic heterocycles. The van der Waals surface area contributed by atoms with E-state index in [1.807, 2.05) is 0 Å². The van der Waals surface area contributed by atoms with Gasteiger partial charge in [0.2, 0.25) is 0 Å². The molecule has 1 aliphatic carbocycles. The van der Waals surface area contributed by atoms with Crippen molar-refractivity contribution in [3.63, 3.8) is 0 Å². The van der Waals surface area contributed by atoms with Crippen LogP contribution in [-0.4, -0.2) is 39.5 Å². The number of pyridine rings is 1. The second-order valence-electron chi connectivity index (χ2n) is 8.33. The average Bonchev–Trinajstić information content (AvgIpc) is 3.42. The van der Waals surface area contributed by atoms with E-state index in [0.717, 1.165) is 31.2 Å². The predicted octanol–water partition coefficient (Wildman–Crippen LogP) is 4.23. The van der Waals surface area contributed by atoms with Crippen LogP contribution in [0.3, 0.4) is 0 Å². The number of esters is 1. The number of nitrogens with zero attached hydrogens (tertiary/aromatic N) is 4. The Hall–Kier alpha value is -3.20. The van der Waals surface area contributed by atoms with Crippen molar-refractivity contribution < 1.29 is 17.9 Å². The Morgan fingerprint density at radius 2 is 1.88 bits per heavy atom. The normalized spacial score (nSPS) is 15.3. The lowest BCUT2D eigenvalue weighted by Crippen LogP contribution is -2.18. The number of carbonyl (C=O) groups is 1. The summed E-state index contributed by atoms with van der Waals surface area (Å²) >= 11 is 0. The number of rotatable bonds is 6. The van der Waals surface area contributed by atoms with Crippen molar-refractivity contribution in [2.24, 2.45) is 0 Å². The maximum Gasteiger partial charge on any atom is 0.313 e. The van der Waals surface area contributed by atoms with Crippen LogP contribution < -0.4 is 0 Å². The molecule has 0 bridgehead atoms. The summed E-state index contributed by atoms with van der Waals surface area (Å²) in [6.07, 6.45) is 8.62. The third kappa shape index (κ3) is 3.80. The molecule has 0 unspecified atom stereocenters. The molecule has 0 radical (unpaired) electrons. The van der Waals surface area contributed by atoms with E-state index in [-0.39, 0.29) is 23.3 Å². The van der Waals surface area contributed by atoms with Crippen molar-refractivity contribution >= 4 is 38.1 Å². The van der Waals surface area contributed by atoms with Gasteiger partial charge in [-0.2, -0.15) is 0 Å². The van der Waals surface area contributed by atoms with Gasteiger partial charge in [-0.3, -0.25) is 4.79 Å². The summed E-state index contributed by atoms with van der Waals surface area (Å²) in [6.45, 7) is 2.10. The van der Waals surface area contributed by atoms with Gasteiger partial charge in [0, 0.05) is 17.6 Å². The zero-order chi connectivity index (χ0) is 23.0. The van der Waals surface area contributed by atoms with Gasteiger partial charge in [0.1, 0.15) is 17.8 Å². The average molecular weight is 467 g/mol. The van der Waals surface area contributed by atoms with E-state index >= 15 is 0 Å². The monoisotopic (exact) mass is 466 g/mol. The molecule has 3 heterocycles. The largest absolute Gasteiger partial charge is 0.466 e. The van der Waals surface area contributed by atoms with Crippen molar-refractivity contribution in [2.75, 3.05) is 6.61 Å². The fourth-order valence-electron chi connectivity index (χ4n) is 4.79. The van der Waals surface area contributed by atoms with Crippen molar-refractivity contribution in [1.29, 1.82) is 0 Å². The van der Waals surface area contributed by atoms with Crippen LogP contribution in [0.5, 0.6) is 0 Å². The van der Waals surface area contributed by atoms with E-state index in [1.165, 1.54) is 10.4 Å². The Bertz CT molecular complexity index is 1420. The lowest BCUT2D eigenvalue weighted by molar-refractivity contribution is -0.142. The number of ether oxygens (including phenoxy) is 1. The minimum absolute atomic E-state index is 0.0730. The van der Waals surface area contributed by atoms with Crippen molar-refractivity contribution in [1.82, 2.24) is 18.5 Å². The number of benzene rings is 1. The molecule has 4 aromatic rings. The van der Waals surface area contributed by atoms with Gasteiger partial charge in [0.05, 0.1) is 23.2 Å². The molecule has 33 heavy (non-hydrogen) atoms. The van der Waals surface area contributed by atoms with Crippen molar-refractivity contribution in [2.45, 2.75) is 56.4 Å². The maximum absolute atomic E-state index is 13.3. The molecular weight excluding hydrogens is 440 g/mol. The summed E-state index contributed by atoms with van der Waals surface area (Å²) in [5.41, 5.74) is 1.83. The van der Waals surface area contributed by atoms with Gasteiger partial charge in [-0.15, -0.1) is 0 Å². The molecule has 0 amide bonds. The summed E-state index contributed by atoms with van der Waals surface area (Å²) in [6, 6.07) is 10.3. The third-order valence-corrected chi connectivity index (χ3v) is 7.93. The Balaban J connectivity index is 1.71. The maximum atomic E-state index is 13.3. The number of imidazole rings is 1. The summed E-state index contributed by atoms with van der Waals surface area (Å²) < 4.78 is 35.1. The molecule has 0 atom stereocenters. The first-order valence-electron chi connectivity index (χ1n) is 11.3. The van der Waals surface area contributed by atoms with Crippen LogP contribution in [0.2, 0.25) is 0 Å². The summed E-state index contributed by atoms with van der Waals surface area (Å²) in [7, 11) is -3.80. The molecule has 0 saturated heterocycles. The first-order valence-corrected chi connectivity index (χ1v) is 12.8. The second-order valence-corrected chi connectivity index (χ2v) is 10.1. The standard InChI is InChI=1S/C24H26N4O4S/c1-2-32-22(29)15-21-26-20-16-25-24-19(23(20)28(21)17-9-5-3-6-10-17)13-14-27(24)33(30,31)18-11-7-4-8-12-18/h4,7-8,11-14,16-17H,2-3,5-6,9-10,15H2,1H3. The highest BCUT2D eigenvalue weighted by molar-refractivity contribution is 7.90. The molecule has 0 spiro atoms. The fourth-order valence-corrected chi connectivity index (χ4v) is 6.12. The summed E-state index contributed by atoms with van der Waals surface area (Å²) in [4.78, 5) is 21.7. The summed E-state index contributed by atoms with van der Waals surface area (Å²) in [5.74, 6) is 0.321. The van der Waals surface area contributed by atoms with Gasteiger partial charge in [-0.25, -0.2) is 22.4 Å². The highest BCUT2D eigenvalue weighted by Crippen LogP contribution is 2.36. The number of hydrogen-bond acceptors (Lipinski definition) is 6. The number of carbonyl (C=O) groups excluding carboxylic acids is 1. The molecule has 1 aromatic carbocycles. The molecule has 1 saturated carbocycles. The van der Waals surface area contributed by atoms with Crippen LogP contribution in [-0.2, 0) is 26.0 Å². The van der Waals surface area contributed by atoms with Crippen LogP contribution in [0, 0.1) is 0 Å². The second kappa shape index (κ2) is 8.62. The van der Waals surface area contributed by atoms with Crippen LogP contribution >= 0.6 is 0 Å². The van der Waals surface area contributed by atoms with Crippen LogP contribution in [0.1, 0.15) is 50.9 Å². The topological polar surface area (TPSA) is 96.1 Å². The molecule has 5 rings (SSSR count). The van der Waals surface area contributed by atoms with Crippen LogP contribution in [0.4, 0.5) is 0 Å². The Morgan fingerprint density at radius 1 is 1.12 bits per heavy atom. The summed E-state index contributed by atoms with van der Waals surface area (Å²) in [5, 5.41) is 0.709. The minimum atomic E-state index is -3.80. The Labute approximate surface area is 192 Å². The van der Waals surface area contributed by atoms with E-state index < -0.39 is 10.0 Å². The SMILES string of the molecule is CCOC(=O)Cc1nc2cnc3c(ccn3S(=O)(=O)c3ccccc3)c2n1C1CCCCC1. The van der Waals surface area contributed by atoms with Crippen molar-refractivity contribution in [3.8, 4) is 0 Å². The highest BCUT2D eigenvalue weighted by atomic mass is 32.2. The molecule has 172 valence electrons. The number of aromatic nitrogens is 4. The van der Waals surface area contributed by atoms with E-state index in [9.17, 15) is 13.2 Å². The van der Waals surface area contributed by atoms with Crippen LogP contribution in [0.25, 0.3) is 22.1 Å². The molecule has 9 heteroatoms. The smallest absolute Gasteiger partial charge is 0.313 e. The van der Waals surface area contributed by atoms with E-state index in [2.05, 4.69) is 9.55 Å². The first kappa shape index (κ1) is 21.6. The van der Waals surface area contributed by atoms with E-state index in [0.29, 0.717) is 29.0 Å². The molecule has 1 aliphatic rings. The predicted molar refractivity (Wildman–Crippen MR) is 125 cm³/mol. The van der Waals surface area contributed by atoms with Crippen LogP contribution in [0.15, 0.2) is 53.7 Å². The van der Waals surface area contributed by atoms with Gasteiger partial charge in [0.15, 0.2) is 5.65 Å². The molecule has 0 aliphatic heterocycles.